The Morgan fingerprint density at radius 1 is 1.17 bits per heavy atom. The zero-order chi connectivity index (χ0) is 21.3. The third kappa shape index (κ3) is 3.68. The molecule has 0 spiro atoms. The first kappa shape index (κ1) is 20.1. The second kappa shape index (κ2) is 8.28. The maximum Gasteiger partial charge on any atom is 0.258 e. The minimum atomic E-state index is -0.221. The Labute approximate surface area is 181 Å². The van der Waals surface area contributed by atoms with Crippen molar-refractivity contribution in [2.24, 2.45) is 0 Å². The number of rotatable bonds is 5. The lowest BCUT2D eigenvalue weighted by molar-refractivity contribution is 0.397. The maximum absolute atomic E-state index is 5.75. The molecule has 2 aromatic carbocycles. The number of aromatic nitrogens is 2. The Morgan fingerprint density at radius 2 is 1.97 bits per heavy atom. The van der Waals surface area contributed by atoms with Crippen LogP contribution in [0.1, 0.15) is 36.9 Å². The SMILES string of the molecule is CCN1C(=S)NC(c2cccc(OC)c2)C(c2nc(-c3cccc(C)c3)no2)=C1C. The highest BCUT2D eigenvalue weighted by atomic mass is 32.1. The van der Waals surface area contributed by atoms with Gasteiger partial charge in [-0.05, 0) is 56.8 Å². The molecule has 0 fully saturated rings. The molecule has 3 aromatic rings. The molecule has 30 heavy (non-hydrogen) atoms. The summed E-state index contributed by atoms with van der Waals surface area (Å²) in [7, 11) is 1.66. The Morgan fingerprint density at radius 3 is 2.70 bits per heavy atom. The molecule has 0 aliphatic carbocycles. The second-order valence-electron chi connectivity index (χ2n) is 7.20. The summed E-state index contributed by atoms with van der Waals surface area (Å²) < 4.78 is 11.2. The summed E-state index contributed by atoms with van der Waals surface area (Å²) in [6.45, 7) is 6.88. The largest absolute Gasteiger partial charge is 0.497 e. The topological polar surface area (TPSA) is 63.4 Å². The van der Waals surface area contributed by atoms with Gasteiger partial charge in [0.05, 0.1) is 18.7 Å². The van der Waals surface area contributed by atoms with E-state index in [4.69, 9.17) is 26.5 Å². The molecule has 1 N–H and O–H groups in total. The molecule has 0 saturated carbocycles. The highest BCUT2D eigenvalue weighted by molar-refractivity contribution is 7.80. The smallest absolute Gasteiger partial charge is 0.258 e. The van der Waals surface area contributed by atoms with Crippen LogP contribution in [0.3, 0.4) is 0 Å². The number of thiocarbonyl (C=S) groups is 1. The Kier molecular flexibility index (Phi) is 5.55. The molecule has 1 aromatic heterocycles. The molecule has 0 amide bonds. The van der Waals surface area contributed by atoms with E-state index in [-0.39, 0.29) is 6.04 Å². The summed E-state index contributed by atoms with van der Waals surface area (Å²) >= 11 is 5.62. The van der Waals surface area contributed by atoms with Gasteiger partial charge in [0.1, 0.15) is 5.75 Å². The zero-order valence-electron chi connectivity index (χ0n) is 17.5. The van der Waals surface area contributed by atoms with Gasteiger partial charge in [0.15, 0.2) is 5.11 Å². The minimum Gasteiger partial charge on any atom is -0.497 e. The molecule has 0 radical (unpaired) electrons. The van der Waals surface area contributed by atoms with Crippen molar-refractivity contribution in [1.82, 2.24) is 20.4 Å². The number of ether oxygens (including phenoxy) is 1. The van der Waals surface area contributed by atoms with Gasteiger partial charge in [-0.15, -0.1) is 0 Å². The standard InChI is InChI=1S/C23H24N4O2S/c1-5-27-15(3)19(20(24-23(27)30)16-9-7-11-18(13-16)28-4)22-25-21(26-29-22)17-10-6-8-14(2)12-17/h6-13,20H,5H2,1-4H3,(H,24,30). The van der Waals surface area contributed by atoms with E-state index in [0.717, 1.165) is 40.3 Å². The first-order chi connectivity index (χ1) is 14.5. The molecule has 0 saturated heterocycles. The summed E-state index contributed by atoms with van der Waals surface area (Å²) in [5.74, 6) is 1.82. The summed E-state index contributed by atoms with van der Waals surface area (Å²) in [5, 5.41) is 8.35. The monoisotopic (exact) mass is 420 g/mol. The van der Waals surface area contributed by atoms with Gasteiger partial charge >= 0.3 is 0 Å². The van der Waals surface area contributed by atoms with Crippen molar-refractivity contribution in [1.29, 1.82) is 0 Å². The number of nitrogens with one attached hydrogen (secondary N) is 1. The molecule has 2 heterocycles. The maximum atomic E-state index is 5.75. The van der Waals surface area contributed by atoms with E-state index in [1.165, 1.54) is 0 Å². The number of hydrogen-bond acceptors (Lipinski definition) is 5. The molecule has 0 bridgehead atoms. The molecule has 1 aliphatic rings. The fourth-order valence-corrected chi connectivity index (χ4v) is 4.13. The van der Waals surface area contributed by atoms with Crippen molar-refractivity contribution in [2.75, 3.05) is 13.7 Å². The van der Waals surface area contributed by atoms with Crippen LogP contribution in [-0.2, 0) is 0 Å². The average Bonchev–Trinajstić information content (AvgIpc) is 3.23. The van der Waals surface area contributed by atoms with Crippen LogP contribution in [-0.4, -0.2) is 33.8 Å². The highest BCUT2D eigenvalue weighted by Crippen LogP contribution is 2.38. The normalized spacial score (nSPS) is 16.6. The lowest BCUT2D eigenvalue weighted by Gasteiger charge is -2.36. The number of benzene rings is 2. The van der Waals surface area contributed by atoms with E-state index in [1.54, 1.807) is 7.11 Å². The first-order valence-corrected chi connectivity index (χ1v) is 10.3. The van der Waals surface area contributed by atoms with E-state index in [9.17, 15) is 0 Å². The van der Waals surface area contributed by atoms with Gasteiger partial charge in [0.25, 0.3) is 5.89 Å². The van der Waals surface area contributed by atoms with Crippen LogP contribution >= 0.6 is 12.2 Å². The lowest BCUT2D eigenvalue weighted by Crippen LogP contribution is -2.45. The van der Waals surface area contributed by atoms with Crippen LogP contribution in [0.15, 0.2) is 58.8 Å². The van der Waals surface area contributed by atoms with Crippen molar-refractivity contribution < 1.29 is 9.26 Å². The highest BCUT2D eigenvalue weighted by Gasteiger charge is 2.33. The molecule has 1 atom stereocenters. The van der Waals surface area contributed by atoms with Crippen LogP contribution in [0.4, 0.5) is 0 Å². The minimum absolute atomic E-state index is 0.221. The van der Waals surface area contributed by atoms with Gasteiger partial charge < -0.3 is 19.5 Å². The van der Waals surface area contributed by atoms with Crippen LogP contribution in [0, 0.1) is 6.92 Å². The predicted molar refractivity (Wildman–Crippen MR) is 121 cm³/mol. The van der Waals surface area contributed by atoms with Crippen molar-refractivity contribution in [3.63, 3.8) is 0 Å². The molecule has 7 heteroatoms. The third-order valence-corrected chi connectivity index (χ3v) is 5.61. The van der Waals surface area contributed by atoms with Crippen molar-refractivity contribution >= 4 is 22.9 Å². The van der Waals surface area contributed by atoms with Crippen LogP contribution in [0.2, 0.25) is 0 Å². The quantitative estimate of drug-likeness (QED) is 0.598. The van der Waals surface area contributed by atoms with Crippen LogP contribution < -0.4 is 10.1 Å². The Bertz CT molecular complexity index is 1120. The fraction of sp³-hybridized carbons (Fsp3) is 0.261. The summed E-state index contributed by atoms with van der Waals surface area (Å²) in [4.78, 5) is 6.77. The van der Waals surface area contributed by atoms with Gasteiger partial charge in [-0.3, -0.25) is 0 Å². The van der Waals surface area contributed by atoms with Crippen molar-refractivity contribution in [2.45, 2.75) is 26.8 Å². The number of methoxy groups -OCH3 is 1. The van der Waals surface area contributed by atoms with Gasteiger partial charge in [-0.1, -0.05) is 41.1 Å². The molecule has 6 nitrogen and oxygen atoms in total. The summed E-state index contributed by atoms with van der Waals surface area (Å²) in [6, 6.07) is 15.7. The fourth-order valence-electron chi connectivity index (χ4n) is 3.74. The summed E-state index contributed by atoms with van der Waals surface area (Å²) in [6.07, 6.45) is 0. The van der Waals surface area contributed by atoms with Gasteiger partial charge in [0, 0.05) is 17.8 Å². The molecular formula is C23H24N4O2S. The van der Waals surface area contributed by atoms with Gasteiger partial charge in [-0.25, -0.2) is 0 Å². The van der Waals surface area contributed by atoms with E-state index in [1.807, 2.05) is 67.3 Å². The van der Waals surface area contributed by atoms with Gasteiger partial charge in [0.2, 0.25) is 5.82 Å². The number of hydrogen-bond donors (Lipinski definition) is 1. The van der Waals surface area contributed by atoms with Crippen molar-refractivity contribution in [3.05, 3.63) is 71.2 Å². The molecule has 154 valence electrons. The van der Waals surface area contributed by atoms with Crippen LogP contribution in [0.25, 0.3) is 17.0 Å². The Hall–Kier alpha value is -3.19. The Balaban J connectivity index is 1.82. The second-order valence-corrected chi connectivity index (χ2v) is 7.58. The van der Waals surface area contributed by atoms with E-state index < -0.39 is 0 Å². The number of nitrogens with zero attached hydrogens (tertiary/aromatic N) is 3. The average molecular weight is 421 g/mol. The van der Waals surface area contributed by atoms with E-state index in [0.29, 0.717) is 16.8 Å². The van der Waals surface area contributed by atoms with Gasteiger partial charge in [-0.2, -0.15) is 4.98 Å². The predicted octanol–water partition coefficient (Wildman–Crippen LogP) is 4.74. The third-order valence-electron chi connectivity index (χ3n) is 5.27. The molecule has 4 rings (SSSR count). The van der Waals surface area contributed by atoms with E-state index >= 15 is 0 Å². The number of allylic oxidation sites excluding steroid dienone is 1. The summed E-state index contributed by atoms with van der Waals surface area (Å²) in [5.41, 5.74) is 4.98. The molecule has 1 unspecified atom stereocenters. The van der Waals surface area contributed by atoms with E-state index in [2.05, 4.69) is 17.4 Å². The molecule has 1 aliphatic heterocycles. The van der Waals surface area contributed by atoms with Crippen LogP contribution in [0.5, 0.6) is 5.75 Å². The van der Waals surface area contributed by atoms with Crippen molar-refractivity contribution in [3.8, 4) is 17.1 Å². The lowest BCUT2D eigenvalue weighted by atomic mass is 9.94. The zero-order valence-corrected chi connectivity index (χ0v) is 18.3. The number of aryl methyl sites for hydroxylation is 1. The molecular weight excluding hydrogens is 396 g/mol. The first-order valence-electron chi connectivity index (χ1n) is 9.85.